The molecule has 2 heterocycles. The molecule has 0 saturated carbocycles. The Hall–Kier alpha value is -4.27. The van der Waals surface area contributed by atoms with Crippen molar-refractivity contribution in [1.29, 1.82) is 0 Å². The van der Waals surface area contributed by atoms with E-state index in [4.69, 9.17) is 5.73 Å². The molecule has 3 N–H and O–H groups in total. The van der Waals surface area contributed by atoms with Gasteiger partial charge in [-0.1, -0.05) is 30.3 Å². The van der Waals surface area contributed by atoms with Crippen LogP contribution in [0, 0.1) is 11.6 Å². The van der Waals surface area contributed by atoms with Crippen LogP contribution in [0.2, 0.25) is 0 Å². The van der Waals surface area contributed by atoms with E-state index < -0.39 is 11.6 Å². The van der Waals surface area contributed by atoms with Crippen molar-refractivity contribution in [2.45, 2.75) is 13.0 Å². The third-order valence-corrected chi connectivity index (χ3v) is 5.28. The van der Waals surface area contributed by atoms with E-state index in [1.54, 1.807) is 48.0 Å². The summed E-state index contributed by atoms with van der Waals surface area (Å²) in [5.74, 6) is -1.85. The van der Waals surface area contributed by atoms with Gasteiger partial charge in [0.15, 0.2) is 17.3 Å². The Balaban J connectivity index is 1.69. The summed E-state index contributed by atoms with van der Waals surface area (Å²) in [5, 5.41) is 11.2. The molecule has 0 radical (unpaired) electrons. The summed E-state index contributed by atoms with van der Waals surface area (Å²) in [7, 11) is 1.75. The van der Waals surface area contributed by atoms with Crippen LogP contribution in [-0.4, -0.2) is 27.6 Å². The summed E-state index contributed by atoms with van der Waals surface area (Å²) < 4.78 is 29.9. The highest BCUT2D eigenvalue weighted by Gasteiger charge is 2.22. The number of carbonyl (C=O) groups excluding carboxylic acids is 1. The first-order valence-corrected chi connectivity index (χ1v) is 10.2. The Labute approximate surface area is 189 Å². The molecule has 0 spiro atoms. The second-order valence-electron chi connectivity index (χ2n) is 7.29. The fourth-order valence-corrected chi connectivity index (χ4v) is 3.55. The predicted octanol–water partition coefficient (Wildman–Crippen LogP) is 3.26. The highest BCUT2D eigenvalue weighted by molar-refractivity contribution is 5.94. The molecule has 0 bridgehead atoms. The SMILES string of the molecule is CN/C(=C\N)c1ccc(N(Cc2cccc(F)c2F)C(=O)Cc2nnc3ccccn23)cc1. The van der Waals surface area contributed by atoms with Crippen molar-refractivity contribution >= 4 is 22.9 Å². The van der Waals surface area contributed by atoms with Gasteiger partial charge >= 0.3 is 0 Å². The number of nitrogens with two attached hydrogens (primary N) is 1. The van der Waals surface area contributed by atoms with E-state index in [2.05, 4.69) is 15.5 Å². The minimum absolute atomic E-state index is 0.0660. The summed E-state index contributed by atoms with van der Waals surface area (Å²) in [6, 6.07) is 16.4. The second kappa shape index (κ2) is 9.47. The average molecular weight is 448 g/mol. The molecule has 168 valence electrons. The van der Waals surface area contributed by atoms with Crippen LogP contribution >= 0.6 is 0 Å². The van der Waals surface area contributed by atoms with Crippen molar-refractivity contribution in [3.8, 4) is 0 Å². The molecule has 1 amide bonds. The Morgan fingerprint density at radius 2 is 1.88 bits per heavy atom. The summed E-state index contributed by atoms with van der Waals surface area (Å²) in [6.45, 7) is -0.149. The van der Waals surface area contributed by atoms with Crippen LogP contribution in [0.4, 0.5) is 14.5 Å². The van der Waals surface area contributed by atoms with E-state index >= 15 is 0 Å². The van der Waals surface area contributed by atoms with Crippen LogP contribution < -0.4 is 16.0 Å². The van der Waals surface area contributed by atoms with Crippen molar-refractivity contribution < 1.29 is 13.6 Å². The van der Waals surface area contributed by atoms with Gasteiger partial charge in [-0.3, -0.25) is 9.20 Å². The summed E-state index contributed by atoms with van der Waals surface area (Å²) >= 11 is 0. The van der Waals surface area contributed by atoms with Crippen LogP contribution in [-0.2, 0) is 17.8 Å². The molecule has 2 aromatic carbocycles. The first-order chi connectivity index (χ1) is 16.0. The van der Waals surface area contributed by atoms with Crippen LogP contribution in [0.1, 0.15) is 17.0 Å². The number of aromatic nitrogens is 3. The van der Waals surface area contributed by atoms with Gasteiger partial charge in [0.05, 0.1) is 18.7 Å². The molecule has 0 aliphatic heterocycles. The molecular formula is C24H22F2N6O. The lowest BCUT2D eigenvalue weighted by Crippen LogP contribution is -2.32. The number of carbonyl (C=O) groups is 1. The molecule has 0 unspecified atom stereocenters. The van der Waals surface area contributed by atoms with E-state index in [0.717, 1.165) is 11.6 Å². The van der Waals surface area contributed by atoms with Crippen molar-refractivity contribution in [3.05, 3.63) is 102 Å². The van der Waals surface area contributed by atoms with Gasteiger partial charge in [-0.2, -0.15) is 0 Å². The number of halogens is 2. The monoisotopic (exact) mass is 448 g/mol. The number of nitrogens with one attached hydrogen (secondary N) is 1. The standard InChI is InChI=1S/C24H22F2N6O/c1-28-20(14-27)16-8-10-18(11-9-16)32(15-17-5-4-6-19(25)24(17)26)23(33)13-22-30-29-21-7-2-3-12-31(21)22/h2-12,14,28H,13,15,27H2,1H3/b20-14-. The van der Waals surface area contributed by atoms with Crippen molar-refractivity contribution in [2.24, 2.45) is 5.73 Å². The van der Waals surface area contributed by atoms with E-state index in [-0.39, 0.29) is 24.4 Å². The molecule has 0 saturated heterocycles. The molecule has 0 aliphatic rings. The number of fused-ring (bicyclic) bond motifs is 1. The first kappa shape index (κ1) is 21.9. The number of benzene rings is 2. The van der Waals surface area contributed by atoms with Gasteiger partial charge in [0.25, 0.3) is 0 Å². The highest BCUT2D eigenvalue weighted by atomic mass is 19.2. The fourth-order valence-electron chi connectivity index (χ4n) is 3.55. The quantitative estimate of drug-likeness (QED) is 0.453. The van der Waals surface area contributed by atoms with Crippen LogP contribution in [0.25, 0.3) is 11.3 Å². The number of pyridine rings is 1. The number of amides is 1. The summed E-state index contributed by atoms with van der Waals surface area (Å²) in [5.41, 5.74) is 8.36. The van der Waals surface area contributed by atoms with Gasteiger partial charge < -0.3 is 16.0 Å². The van der Waals surface area contributed by atoms with E-state index in [0.29, 0.717) is 22.9 Å². The Morgan fingerprint density at radius 3 is 2.61 bits per heavy atom. The lowest BCUT2D eigenvalue weighted by atomic mass is 10.1. The lowest BCUT2D eigenvalue weighted by Gasteiger charge is -2.23. The van der Waals surface area contributed by atoms with Crippen molar-refractivity contribution in [3.63, 3.8) is 0 Å². The number of anilines is 1. The maximum absolute atomic E-state index is 14.4. The topological polar surface area (TPSA) is 88.5 Å². The molecule has 33 heavy (non-hydrogen) atoms. The van der Waals surface area contributed by atoms with E-state index in [1.165, 1.54) is 23.2 Å². The van der Waals surface area contributed by atoms with Gasteiger partial charge in [-0.15, -0.1) is 10.2 Å². The predicted molar refractivity (Wildman–Crippen MR) is 122 cm³/mol. The molecule has 9 heteroatoms. The highest BCUT2D eigenvalue weighted by Crippen LogP contribution is 2.23. The lowest BCUT2D eigenvalue weighted by molar-refractivity contribution is -0.118. The molecule has 0 fully saturated rings. The van der Waals surface area contributed by atoms with Crippen LogP contribution in [0.5, 0.6) is 0 Å². The fraction of sp³-hybridized carbons (Fsp3) is 0.125. The number of rotatable bonds is 7. The van der Waals surface area contributed by atoms with Gasteiger partial charge in [0, 0.05) is 30.7 Å². The van der Waals surface area contributed by atoms with Gasteiger partial charge in [0.2, 0.25) is 5.91 Å². The Morgan fingerprint density at radius 1 is 1.09 bits per heavy atom. The third kappa shape index (κ3) is 4.52. The maximum Gasteiger partial charge on any atom is 0.234 e. The Bertz CT molecular complexity index is 1320. The first-order valence-electron chi connectivity index (χ1n) is 10.2. The molecule has 7 nitrogen and oxygen atoms in total. The normalized spacial score (nSPS) is 11.5. The third-order valence-electron chi connectivity index (χ3n) is 5.28. The average Bonchev–Trinajstić information content (AvgIpc) is 3.24. The smallest absolute Gasteiger partial charge is 0.234 e. The Kier molecular flexibility index (Phi) is 6.30. The molecule has 0 atom stereocenters. The molecule has 0 aliphatic carbocycles. The van der Waals surface area contributed by atoms with Gasteiger partial charge in [-0.25, -0.2) is 8.78 Å². The molecule has 4 aromatic rings. The van der Waals surface area contributed by atoms with Crippen molar-refractivity contribution in [1.82, 2.24) is 19.9 Å². The summed E-state index contributed by atoms with van der Waals surface area (Å²) in [6.07, 6.45) is 3.13. The minimum Gasteiger partial charge on any atom is -0.403 e. The summed E-state index contributed by atoms with van der Waals surface area (Å²) in [4.78, 5) is 14.8. The van der Waals surface area contributed by atoms with Gasteiger partial charge in [0.1, 0.15) is 5.82 Å². The van der Waals surface area contributed by atoms with E-state index in [9.17, 15) is 13.6 Å². The van der Waals surface area contributed by atoms with Crippen LogP contribution in [0.15, 0.2) is 73.1 Å². The van der Waals surface area contributed by atoms with Gasteiger partial charge in [-0.05, 0) is 35.9 Å². The second-order valence-corrected chi connectivity index (χ2v) is 7.29. The maximum atomic E-state index is 14.4. The molecular weight excluding hydrogens is 426 g/mol. The zero-order valence-corrected chi connectivity index (χ0v) is 17.9. The minimum atomic E-state index is -0.983. The number of hydrogen-bond donors (Lipinski definition) is 2. The molecule has 4 rings (SSSR count). The number of nitrogens with zero attached hydrogens (tertiary/aromatic N) is 4. The number of hydrogen-bond acceptors (Lipinski definition) is 5. The molecule has 2 aromatic heterocycles. The zero-order chi connectivity index (χ0) is 23.4. The largest absolute Gasteiger partial charge is 0.403 e. The zero-order valence-electron chi connectivity index (χ0n) is 17.9. The van der Waals surface area contributed by atoms with Crippen LogP contribution in [0.3, 0.4) is 0 Å². The van der Waals surface area contributed by atoms with Crippen molar-refractivity contribution in [2.75, 3.05) is 11.9 Å². The van der Waals surface area contributed by atoms with E-state index in [1.807, 2.05) is 12.1 Å².